The Morgan fingerprint density at radius 2 is 1.83 bits per heavy atom. The lowest BCUT2D eigenvalue weighted by molar-refractivity contribution is -0.136. The van der Waals surface area contributed by atoms with E-state index in [1.165, 1.54) is 12.1 Å². The minimum atomic E-state index is -0.901. The van der Waals surface area contributed by atoms with Crippen LogP contribution in [0.5, 0.6) is 0 Å². The predicted molar refractivity (Wildman–Crippen MR) is 68.2 cm³/mol. The summed E-state index contributed by atoms with van der Waals surface area (Å²) < 4.78 is 12.8. The van der Waals surface area contributed by atoms with E-state index in [2.05, 4.69) is 0 Å². The molecule has 0 fully saturated rings. The zero-order valence-corrected chi connectivity index (χ0v) is 10.1. The Bertz CT molecular complexity index is 579. The summed E-state index contributed by atoms with van der Waals surface area (Å²) in [4.78, 5) is 10.7. The quantitative estimate of drug-likeness (QED) is 0.916. The number of carbonyl (C=O) groups is 1. The minimum absolute atomic E-state index is 0.0641. The van der Waals surface area contributed by atoms with Crippen LogP contribution in [-0.2, 0) is 11.2 Å². The van der Waals surface area contributed by atoms with Crippen LogP contribution < -0.4 is 0 Å². The van der Waals surface area contributed by atoms with Crippen LogP contribution >= 0.6 is 11.6 Å². The number of carboxylic acid groups (broad SMARTS) is 1. The number of carboxylic acids is 1. The minimum Gasteiger partial charge on any atom is -0.481 e. The average molecular weight is 265 g/mol. The largest absolute Gasteiger partial charge is 0.481 e. The number of halogens is 2. The number of hydrogen-bond donors (Lipinski definition) is 1. The van der Waals surface area contributed by atoms with Gasteiger partial charge >= 0.3 is 5.97 Å². The van der Waals surface area contributed by atoms with Gasteiger partial charge in [0.25, 0.3) is 0 Å². The van der Waals surface area contributed by atoms with Gasteiger partial charge in [0.1, 0.15) is 5.82 Å². The molecule has 0 spiro atoms. The van der Waals surface area contributed by atoms with E-state index in [9.17, 15) is 9.18 Å². The van der Waals surface area contributed by atoms with Gasteiger partial charge in [0, 0.05) is 10.6 Å². The van der Waals surface area contributed by atoms with E-state index in [-0.39, 0.29) is 12.2 Å². The van der Waals surface area contributed by atoms with Gasteiger partial charge < -0.3 is 5.11 Å². The highest BCUT2D eigenvalue weighted by Crippen LogP contribution is 2.29. The van der Waals surface area contributed by atoms with Crippen molar-refractivity contribution in [3.8, 4) is 11.1 Å². The Hall–Kier alpha value is -1.87. The maximum absolute atomic E-state index is 12.8. The summed E-state index contributed by atoms with van der Waals surface area (Å²) >= 11 is 6.07. The van der Waals surface area contributed by atoms with Crippen molar-refractivity contribution in [3.63, 3.8) is 0 Å². The SMILES string of the molecule is O=C(O)Cc1ccc(Cl)c(-c2ccc(F)cc2)c1. The molecule has 0 aromatic heterocycles. The van der Waals surface area contributed by atoms with E-state index >= 15 is 0 Å². The second kappa shape index (κ2) is 5.19. The third-order valence-electron chi connectivity index (χ3n) is 2.54. The molecule has 0 heterocycles. The highest BCUT2D eigenvalue weighted by atomic mass is 35.5. The van der Waals surface area contributed by atoms with E-state index < -0.39 is 5.97 Å². The molecular weight excluding hydrogens is 255 g/mol. The van der Waals surface area contributed by atoms with Gasteiger partial charge in [-0.1, -0.05) is 29.8 Å². The van der Waals surface area contributed by atoms with Gasteiger partial charge in [0.15, 0.2) is 0 Å². The van der Waals surface area contributed by atoms with Gasteiger partial charge in [-0.05, 0) is 35.4 Å². The Morgan fingerprint density at radius 1 is 1.17 bits per heavy atom. The van der Waals surface area contributed by atoms with Crippen LogP contribution in [0.1, 0.15) is 5.56 Å². The van der Waals surface area contributed by atoms with Crippen molar-refractivity contribution in [2.24, 2.45) is 0 Å². The van der Waals surface area contributed by atoms with Gasteiger partial charge in [-0.3, -0.25) is 4.79 Å². The normalized spacial score (nSPS) is 10.3. The van der Waals surface area contributed by atoms with Gasteiger partial charge in [-0.15, -0.1) is 0 Å². The lowest BCUT2D eigenvalue weighted by Crippen LogP contribution is -2.00. The van der Waals surface area contributed by atoms with Gasteiger partial charge in [-0.25, -0.2) is 4.39 Å². The highest BCUT2D eigenvalue weighted by molar-refractivity contribution is 6.33. The molecule has 2 aromatic rings. The van der Waals surface area contributed by atoms with Crippen molar-refractivity contribution in [2.75, 3.05) is 0 Å². The van der Waals surface area contributed by atoms with Crippen LogP contribution in [0.2, 0.25) is 5.02 Å². The zero-order valence-electron chi connectivity index (χ0n) is 9.36. The van der Waals surface area contributed by atoms with E-state index in [0.29, 0.717) is 16.1 Å². The zero-order chi connectivity index (χ0) is 13.1. The van der Waals surface area contributed by atoms with E-state index in [0.717, 1.165) is 5.56 Å². The average Bonchev–Trinajstić information content (AvgIpc) is 2.32. The van der Waals surface area contributed by atoms with Crippen LogP contribution in [0, 0.1) is 5.82 Å². The first kappa shape index (κ1) is 12.6. The Morgan fingerprint density at radius 3 is 2.44 bits per heavy atom. The molecule has 0 aliphatic carbocycles. The van der Waals surface area contributed by atoms with Crippen LogP contribution in [0.15, 0.2) is 42.5 Å². The van der Waals surface area contributed by atoms with Crippen molar-refractivity contribution in [3.05, 3.63) is 58.9 Å². The lowest BCUT2D eigenvalue weighted by atomic mass is 10.0. The van der Waals surface area contributed by atoms with Crippen LogP contribution in [0.25, 0.3) is 11.1 Å². The molecule has 2 aromatic carbocycles. The van der Waals surface area contributed by atoms with Crippen molar-refractivity contribution >= 4 is 17.6 Å². The monoisotopic (exact) mass is 264 g/mol. The Kier molecular flexibility index (Phi) is 3.63. The van der Waals surface area contributed by atoms with E-state index in [1.807, 2.05) is 0 Å². The standard InChI is InChI=1S/C14H10ClFO2/c15-13-6-1-9(8-14(17)18)7-12(13)10-2-4-11(16)5-3-10/h1-7H,8H2,(H,17,18). The molecule has 2 nitrogen and oxygen atoms in total. The third kappa shape index (κ3) is 2.87. The van der Waals surface area contributed by atoms with E-state index in [1.54, 1.807) is 30.3 Å². The summed E-state index contributed by atoms with van der Waals surface area (Å²) in [6.45, 7) is 0. The van der Waals surface area contributed by atoms with Crippen molar-refractivity contribution in [1.29, 1.82) is 0 Å². The molecule has 0 aliphatic heterocycles. The van der Waals surface area contributed by atoms with E-state index in [4.69, 9.17) is 16.7 Å². The van der Waals surface area contributed by atoms with Crippen molar-refractivity contribution < 1.29 is 14.3 Å². The summed E-state index contributed by atoms with van der Waals surface area (Å²) in [5.74, 6) is -1.22. The summed E-state index contributed by atoms with van der Waals surface area (Å²) in [5.41, 5.74) is 2.12. The summed E-state index contributed by atoms with van der Waals surface area (Å²) in [6, 6.07) is 10.9. The number of rotatable bonds is 3. The summed E-state index contributed by atoms with van der Waals surface area (Å²) in [6.07, 6.45) is -0.0641. The molecule has 0 atom stereocenters. The second-order valence-corrected chi connectivity index (χ2v) is 4.30. The van der Waals surface area contributed by atoms with Crippen LogP contribution in [0.4, 0.5) is 4.39 Å². The molecule has 0 aliphatic rings. The molecule has 0 bridgehead atoms. The molecular formula is C14H10ClFO2. The fraction of sp³-hybridized carbons (Fsp3) is 0.0714. The molecule has 0 amide bonds. The molecule has 0 radical (unpaired) electrons. The highest BCUT2D eigenvalue weighted by Gasteiger charge is 2.07. The fourth-order valence-corrected chi connectivity index (χ4v) is 1.93. The molecule has 1 N–H and O–H groups in total. The van der Waals surface area contributed by atoms with Crippen molar-refractivity contribution in [1.82, 2.24) is 0 Å². The Labute approximate surface area is 109 Å². The second-order valence-electron chi connectivity index (χ2n) is 3.89. The third-order valence-corrected chi connectivity index (χ3v) is 2.87. The molecule has 0 saturated heterocycles. The first-order chi connectivity index (χ1) is 8.56. The molecule has 4 heteroatoms. The number of aliphatic carboxylic acids is 1. The fourth-order valence-electron chi connectivity index (χ4n) is 1.71. The summed E-state index contributed by atoms with van der Waals surface area (Å²) in [7, 11) is 0. The molecule has 92 valence electrons. The maximum Gasteiger partial charge on any atom is 0.307 e. The molecule has 2 rings (SSSR count). The molecule has 18 heavy (non-hydrogen) atoms. The maximum atomic E-state index is 12.8. The van der Waals surface area contributed by atoms with Crippen LogP contribution in [0.3, 0.4) is 0 Å². The topological polar surface area (TPSA) is 37.3 Å². The smallest absolute Gasteiger partial charge is 0.307 e. The Balaban J connectivity index is 2.42. The predicted octanol–water partition coefficient (Wildman–Crippen LogP) is 3.77. The van der Waals surface area contributed by atoms with Gasteiger partial charge in [0.2, 0.25) is 0 Å². The lowest BCUT2D eigenvalue weighted by Gasteiger charge is -2.07. The first-order valence-electron chi connectivity index (χ1n) is 5.32. The van der Waals surface area contributed by atoms with Crippen molar-refractivity contribution in [2.45, 2.75) is 6.42 Å². The van der Waals surface area contributed by atoms with Gasteiger partial charge in [-0.2, -0.15) is 0 Å². The molecule has 0 saturated carbocycles. The van der Waals surface area contributed by atoms with Crippen LogP contribution in [-0.4, -0.2) is 11.1 Å². The summed E-state index contributed by atoms with van der Waals surface area (Å²) in [5, 5.41) is 9.26. The molecule has 0 unspecified atom stereocenters. The first-order valence-corrected chi connectivity index (χ1v) is 5.70. The number of benzene rings is 2. The van der Waals surface area contributed by atoms with Gasteiger partial charge in [0.05, 0.1) is 6.42 Å². The number of hydrogen-bond acceptors (Lipinski definition) is 1.